The minimum Gasteiger partial charge on any atom is -0.411 e. The maximum Gasteiger partial charge on any atom is 2.00 e. The second-order valence-electron chi connectivity index (χ2n) is 6.20. The molecule has 0 amide bonds. The Morgan fingerprint density at radius 1 is 0.640 bits per heavy atom. The van der Waals surface area contributed by atoms with Crippen molar-refractivity contribution >= 4 is 85.6 Å². The molecule has 0 aliphatic carbocycles. The van der Waals surface area contributed by atoms with Crippen LogP contribution in [0.15, 0.2) is 0 Å². The predicted molar refractivity (Wildman–Crippen MR) is 128 cm³/mol. The van der Waals surface area contributed by atoms with Gasteiger partial charge in [-0.2, -0.15) is 0 Å². The largest absolute Gasteiger partial charge is 2.00 e. The smallest absolute Gasteiger partial charge is 0.411 e. The molecule has 0 aromatic rings. The van der Waals surface area contributed by atoms with E-state index in [2.05, 4.69) is 13.8 Å². The van der Waals surface area contributed by atoms with Crippen LogP contribution in [0.3, 0.4) is 0 Å². The van der Waals surface area contributed by atoms with Crippen molar-refractivity contribution in [3.05, 3.63) is 0 Å². The van der Waals surface area contributed by atoms with Crippen LogP contribution >= 0.6 is 24.4 Å². The summed E-state index contributed by atoms with van der Waals surface area (Å²) in [6.07, 6.45) is 13.0. The summed E-state index contributed by atoms with van der Waals surface area (Å²) in [5.74, 6) is 0. The van der Waals surface area contributed by atoms with Crippen molar-refractivity contribution in [1.82, 2.24) is 9.80 Å². The van der Waals surface area contributed by atoms with Crippen LogP contribution in [0.25, 0.3) is 0 Å². The molecule has 0 N–H and O–H groups in total. The van der Waals surface area contributed by atoms with E-state index in [4.69, 9.17) is 49.7 Å². The van der Waals surface area contributed by atoms with Gasteiger partial charge in [-0.15, -0.1) is 0 Å². The molecule has 0 heterocycles. The van der Waals surface area contributed by atoms with Crippen LogP contribution in [-0.2, 0) is 25.3 Å². The molecule has 0 fully saturated rings. The van der Waals surface area contributed by atoms with Crippen molar-refractivity contribution < 1.29 is 0 Å². The molecule has 7 heteroatoms. The van der Waals surface area contributed by atoms with E-state index in [1.165, 1.54) is 64.2 Å². The molecule has 0 aromatic carbocycles. The molecule has 0 saturated carbocycles. The van der Waals surface area contributed by atoms with Crippen molar-refractivity contribution in [2.75, 3.05) is 27.2 Å². The molecule has 0 aliphatic rings. The zero-order valence-electron chi connectivity index (χ0n) is 16.5. The van der Waals surface area contributed by atoms with Crippen LogP contribution in [0.5, 0.6) is 0 Å². The fourth-order valence-corrected chi connectivity index (χ4v) is 2.45. The molecule has 0 atom stereocenters. The van der Waals surface area contributed by atoms with E-state index >= 15 is 0 Å². The predicted octanol–water partition coefficient (Wildman–Crippen LogP) is 5.06. The van der Waals surface area contributed by atoms with Crippen LogP contribution in [0.2, 0.25) is 0 Å². The number of nitrogens with zero attached hydrogens (tertiary/aromatic N) is 2. The molecule has 0 saturated heterocycles. The molecular weight excluding hydrogens is 580 g/mol. The molecule has 2 radical (unpaired) electrons. The third-order valence-corrected chi connectivity index (χ3v) is 5.06. The van der Waals surface area contributed by atoms with Gasteiger partial charge in [-0.25, -0.2) is 0 Å². The second kappa shape index (κ2) is 23.2. The number of thiocarbonyl (C=S) groups is 2. The van der Waals surface area contributed by atoms with Gasteiger partial charge in [0, 0.05) is 27.2 Å². The minimum atomic E-state index is 0. The SMILES string of the molecule is CCCCCCCN(C)C(=S)[S-].CCCCCCCN(C)C(=S)[S-].[Pb+2]. The van der Waals surface area contributed by atoms with Gasteiger partial charge >= 0.3 is 27.3 Å². The Balaban J connectivity index is -0.000000372. The maximum absolute atomic E-state index is 4.86. The Morgan fingerprint density at radius 2 is 0.920 bits per heavy atom. The Bertz CT molecular complexity index is 287. The van der Waals surface area contributed by atoms with Gasteiger partial charge in [0.05, 0.1) is 0 Å². The monoisotopic (exact) mass is 616 g/mol. The first-order chi connectivity index (χ1) is 11.4. The van der Waals surface area contributed by atoms with Gasteiger partial charge in [-0.3, -0.25) is 0 Å². The van der Waals surface area contributed by atoms with Crippen molar-refractivity contribution in [3.63, 3.8) is 0 Å². The van der Waals surface area contributed by atoms with Crippen LogP contribution < -0.4 is 0 Å². The molecule has 0 rings (SSSR count). The summed E-state index contributed by atoms with van der Waals surface area (Å²) in [5, 5.41) is 0. The van der Waals surface area contributed by atoms with Crippen LogP contribution in [0.1, 0.15) is 78.1 Å². The fourth-order valence-electron chi connectivity index (χ4n) is 2.09. The Morgan fingerprint density at radius 3 is 1.16 bits per heavy atom. The van der Waals surface area contributed by atoms with E-state index in [1.54, 1.807) is 0 Å². The molecule has 0 aromatic heterocycles. The van der Waals surface area contributed by atoms with Gasteiger partial charge in [0.1, 0.15) is 0 Å². The van der Waals surface area contributed by atoms with Crippen molar-refractivity contribution in [3.8, 4) is 0 Å². The first-order valence-electron chi connectivity index (χ1n) is 9.20. The summed E-state index contributed by atoms with van der Waals surface area (Å²) in [6, 6.07) is 0. The topological polar surface area (TPSA) is 6.48 Å². The summed E-state index contributed by atoms with van der Waals surface area (Å²) >= 11 is 19.4. The zero-order chi connectivity index (χ0) is 18.8. The van der Waals surface area contributed by atoms with E-state index in [-0.39, 0.29) is 27.3 Å². The standard InChI is InChI=1S/2C9H19NS2.Pb/c2*1-3-4-5-6-7-8-10(2)9(11)12;/h2*3-8H2,1-2H3,(H,11,12);/q;;+2/p-2. The van der Waals surface area contributed by atoms with Crippen LogP contribution in [0.4, 0.5) is 0 Å². The number of unbranched alkanes of at least 4 members (excludes halogenated alkanes) is 8. The average Bonchev–Trinajstić information content (AvgIpc) is 2.54. The van der Waals surface area contributed by atoms with E-state index in [0.717, 1.165) is 13.1 Å². The Hall–Kier alpha value is 1.14. The van der Waals surface area contributed by atoms with Crippen molar-refractivity contribution in [2.24, 2.45) is 0 Å². The van der Waals surface area contributed by atoms with E-state index in [9.17, 15) is 0 Å². The molecule has 2 nitrogen and oxygen atoms in total. The number of hydrogen-bond donors (Lipinski definition) is 0. The van der Waals surface area contributed by atoms with Gasteiger partial charge in [0.15, 0.2) is 0 Å². The summed E-state index contributed by atoms with van der Waals surface area (Å²) in [4.78, 5) is 3.94. The fraction of sp³-hybridized carbons (Fsp3) is 0.889. The summed E-state index contributed by atoms with van der Waals surface area (Å²) in [7, 11) is 3.93. The third kappa shape index (κ3) is 25.1. The third-order valence-electron chi connectivity index (χ3n) is 3.82. The van der Waals surface area contributed by atoms with Gasteiger partial charge in [-0.1, -0.05) is 73.9 Å². The number of hydrogen-bond acceptors (Lipinski definition) is 4. The average molecular weight is 616 g/mol. The van der Waals surface area contributed by atoms with E-state index in [1.807, 2.05) is 23.9 Å². The first-order valence-corrected chi connectivity index (χ1v) is 10.8. The van der Waals surface area contributed by atoms with Gasteiger partial charge < -0.3 is 59.5 Å². The summed E-state index contributed by atoms with van der Waals surface area (Å²) < 4.78 is 1.18. The van der Waals surface area contributed by atoms with Gasteiger partial charge in [0.25, 0.3) is 0 Å². The molecule has 0 spiro atoms. The summed E-state index contributed by atoms with van der Waals surface area (Å²) in [6.45, 7) is 6.49. The van der Waals surface area contributed by atoms with Crippen LogP contribution in [-0.4, -0.2) is 72.9 Å². The minimum absolute atomic E-state index is 0. The summed E-state index contributed by atoms with van der Waals surface area (Å²) in [5.41, 5.74) is 0. The van der Waals surface area contributed by atoms with Gasteiger partial charge in [-0.05, 0) is 12.8 Å². The quantitative estimate of drug-likeness (QED) is 0.130. The van der Waals surface area contributed by atoms with Crippen LogP contribution in [0, 0.1) is 0 Å². The van der Waals surface area contributed by atoms with Crippen molar-refractivity contribution in [2.45, 2.75) is 78.1 Å². The normalized spacial score (nSPS) is 9.44. The molecule has 146 valence electrons. The first kappa shape index (κ1) is 30.9. The maximum atomic E-state index is 4.86. The van der Waals surface area contributed by atoms with Crippen molar-refractivity contribution in [1.29, 1.82) is 0 Å². The van der Waals surface area contributed by atoms with Gasteiger partial charge in [0.2, 0.25) is 0 Å². The second-order valence-corrected chi connectivity index (χ2v) is 8.27. The van der Waals surface area contributed by atoms with E-state index in [0.29, 0.717) is 8.64 Å². The Labute approximate surface area is 199 Å². The molecule has 0 unspecified atom stereocenters. The molecular formula is C18H36N2PbS4. The molecule has 25 heavy (non-hydrogen) atoms. The molecule has 0 bridgehead atoms. The van der Waals surface area contributed by atoms with E-state index < -0.39 is 0 Å². The Kier molecular flexibility index (Phi) is 28.6. The number of rotatable bonds is 12. The zero-order valence-corrected chi connectivity index (χ0v) is 23.7. The molecule has 0 aliphatic heterocycles.